The molecule has 0 bridgehead atoms. The van der Waals surface area contributed by atoms with E-state index >= 15 is 4.39 Å². The third kappa shape index (κ3) is 6.14. The number of nitrogens with one attached hydrogen (secondary N) is 1. The van der Waals surface area contributed by atoms with Gasteiger partial charge in [-0.2, -0.15) is 5.26 Å². The van der Waals surface area contributed by atoms with Crippen molar-refractivity contribution in [2.45, 2.75) is 55.7 Å². The Labute approximate surface area is 257 Å². The van der Waals surface area contributed by atoms with Crippen LogP contribution in [-0.4, -0.2) is 87.1 Å². The molecule has 2 aromatic carbocycles. The number of anilines is 1. The summed E-state index contributed by atoms with van der Waals surface area (Å²) < 4.78 is 50.6. The smallest absolute Gasteiger partial charge is 0.407 e. The van der Waals surface area contributed by atoms with Gasteiger partial charge in [0.2, 0.25) is 0 Å². The summed E-state index contributed by atoms with van der Waals surface area (Å²) in [4.78, 5) is 19.0. The number of benzene rings is 2. The highest BCUT2D eigenvalue weighted by Gasteiger charge is 2.54. The van der Waals surface area contributed by atoms with Crippen molar-refractivity contribution in [1.29, 1.82) is 5.26 Å². The zero-order valence-corrected chi connectivity index (χ0v) is 25.4. The summed E-state index contributed by atoms with van der Waals surface area (Å²) >= 11 is 0. The Morgan fingerprint density at radius 3 is 2.27 bits per heavy atom. The first-order chi connectivity index (χ1) is 21.2. The summed E-state index contributed by atoms with van der Waals surface area (Å²) in [5.74, 6) is -1.08. The van der Waals surface area contributed by atoms with Crippen molar-refractivity contribution in [3.05, 3.63) is 65.2 Å². The molecule has 0 aromatic heterocycles. The molecule has 0 radical (unpaired) electrons. The van der Waals surface area contributed by atoms with Crippen LogP contribution in [0, 0.1) is 34.8 Å². The van der Waals surface area contributed by atoms with Gasteiger partial charge < -0.3 is 19.9 Å². The molecule has 4 fully saturated rings. The molecule has 7 nitrogen and oxygen atoms in total. The number of alkyl carbamates (subject to hydrolysis) is 1. The van der Waals surface area contributed by atoms with Crippen LogP contribution in [0.15, 0.2) is 42.5 Å². The van der Waals surface area contributed by atoms with Crippen LogP contribution in [-0.2, 0) is 10.2 Å². The number of nitriles is 1. The van der Waals surface area contributed by atoms with E-state index in [1.807, 2.05) is 17.0 Å². The lowest BCUT2D eigenvalue weighted by atomic mass is 9.57. The monoisotopic (exact) mass is 609 g/mol. The highest BCUT2D eigenvalue weighted by atomic mass is 19.1. The first-order valence-corrected chi connectivity index (χ1v) is 15.9. The van der Waals surface area contributed by atoms with E-state index in [9.17, 15) is 13.6 Å². The molecule has 1 aliphatic carbocycles. The Balaban J connectivity index is 1.21. The second-order valence-corrected chi connectivity index (χ2v) is 13.3. The molecule has 4 aliphatic rings. The lowest BCUT2D eigenvalue weighted by Crippen LogP contribution is -2.65. The maximum atomic E-state index is 15.9. The third-order valence-corrected chi connectivity index (χ3v) is 10.6. The molecule has 2 aromatic rings. The van der Waals surface area contributed by atoms with Gasteiger partial charge in [0.15, 0.2) is 5.67 Å². The lowest BCUT2D eigenvalue weighted by molar-refractivity contribution is 0.00573. The summed E-state index contributed by atoms with van der Waals surface area (Å²) in [7, 11) is 1.35. The Bertz CT molecular complexity index is 1350. The number of hydrogen-bond acceptors (Lipinski definition) is 6. The van der Waals surface area contributed by atoms with E-state index in [1.54, 1.807) is 12.1 Å². The molecular weight excluding hydrogens is 567 g/mol. The van der Waals surface area contributed by atoms with Crippen LogP contribution >= 0.6 is 0 Å². The number of carbonyl (C=O) groups excluding carboxylic acids is 1. The highest BCUT2D eigenvalue weighted by Crippen LogP contribution is 2.52. The van der Waals surface area contributed by atoms with Crippen LogP contribution in [0.3, 0.4) is 0 Å². The van der Waals surface area contributed by atoms with Crippen LogP contribution in [0.25, 0.3) is 0 Å². The van der Waals surface area contributed by atoms with Gasteiger partial charge in [-0.05, 0) is 112 Å². The van der Waals surface area contributed by atoms with Crippen LogP contribution in [0.1, 0.15) is 49.7 Å². The van der Waals surface area contributed by atoms with Gasteiger partial charge in [-0.15, -0.1) is 0 Å². The van der Waals surface area contributed by atoms with Gasteiger partial charge in [-0.1, -0.05) is 6.42 Å². The van der Waals surface area contributed by atoms with Crippen molar-refractivity contribution in [2.24, 2.45) is 11.8 Å². The van der Waals surface area contributed by atoms with E-state index in [1.165, 1.54) is 19.2 Å². The third-order valence-electron chi connectivity index (χ3n) is 10.6. The average Bonchev–Trinajstić information content (AvgIpc) is 3.44. The summed E-state index contributed by atoms with van der Waals surface area (Å²) in [6.07, 6.45) is 4.73. The van der Waals surface area contributed by atoms with E-state index in [0.717, 1.165) is 63.4 Å². The zero-order chi connectivity index (χ0) is 30.9. The number of halogens is 3. The molecule has 1 saturated carbocycles. The average molecular weight is 610 g/mol. The standard InChI is InChI=1S/C34H42F3N5O2/c1-44-32(43)39-31-5-2-4-30(31)34(23-40-12-3-13-40,26-16-27(35)18-28(36)17-26)25-10-14-41(15-11-25)20-33(37)21-42(22-33)29-8-6-24(19-38)7-9-29/h6-9,16-18,25,30-31H,2-5,10-15,20-23H2,1H3,(H,39,43)/t30-,31-,34-/m0/s1. The molecule has 10 heteroatoms. The molecule has 44 heavy (non-hydrogen) atoms. The van der Waals surface area contributed by atoms with Crippen molar-refractivity contribution >= 4 is 11.8 Å². The first kappa shape index (κ1) is 30.7. The minimum absolute atomic E-state index is 0.0138. The predicted molar refractivity (Wildman–Crippen MR) is 162 cm³/mol. The number of amides is 1. The van der Waals surface area contributed by atoms with Gasteiger partial charge in [0.25, 0.3) is 0 Å². The first-order valence-electron chi connectivity index (χ1n) is 15.9. The van der Waals surface area contributed by atoms with Gasteiger partial charge >= 0.3 is 6.09 Å². The van der Waals surface area contributed by atoms with E-state index in [-0.39, 0.29) is 17.9 Å². The van der Waals surface area contributed by atoms with Gasteiger partial charge in [-0.3, -0.25) is 4.90 Å². The summed E-state index contributed by atoms with van der Waals surface area (Å²) in [5, 5.41) is 12.1. The Morgan fingerprint density at radius 2 is 1.68 bits per heavy atom. The quantitative estimate of drug-likeness (QED) is 0.419. The topological polar surface area (TPSA) is 71.8 Å². The molecular formula is C34H42F3N5O2. The fraction of sp³-hybridized carbons (Fsp3) is 0.588. The van der Waals surface area contributed by atoms with Crippen LogP contribution < -0.4 is 10.2 Å². The number of alkyl halides is 1. The molecule has 3 heterocycles. The number of methoxy groups -OCH3 is 1. The number of rotatable bonds is 9. The summed E-state index contributed by atoms with van der Waals surface area (Å²) in [6.45, 7) is 4.93. The van der Waals surface area contributed by atoms with Crippen LogP contribution in [0.4, 0.5) is 23.7 Å². The molecule has 3 saturated heterocycles. The molecule has 1 amide bonds. The molecule has 0 unspecified atom stereocenters. The summed E-state index contributed by atoms with van der Waals surface area (Å²) in [5.41, 5.74) is 0.277. The number of likely N-dealkylation sites (tertiary alicyclic amines) is 2. The van der Waals surface area contributed by atoms with E-state index in [4.69, 9.17) is 10.00 Å². The minimum atomic E-state index is -1.32. The fourth-order valence-electron chi connectivity index (χ4n) is 8.46. The maximum absolute atomic E-state index is 15.9. The number of ether oxygens (including phenoxy) is 1. The van der Waals surface area contributed by atoms with Crippen molar-refractivity contribution in [1.82, 2.24) is 15.1 Å². The summed E-state index contributed by atoms with van der Waals surface area (Å²) in [6, 6.07) is 13.1. The van der Waals surface area contributed by atoms with Crippen LogP contribution in [0.5, 0.6) is 0 Å². The maximum Gasteiger partial charge on any atom is 0.407 e. The van der Waals surface area contributed by atoms with Gasteiger partial charge in [-0.25, -0.2) is 18.0 Å². The zero-order valence-electron chi connectivity index (χ0n) is 25.4. The SMILES string of the molecule is COC(=O)N[C@H]1CCC[C@@H]1[C@](CN1CCC1)(c1cc(F)cc(F)c1)C1CCN(CC2(F)CN(c3ccc(C#N)cc3)C2)CC1. The minimum Gasteiger partial charge on any atom is -0.453 e. The normalized spacial score (nSPS) is 25.4. The number of nitrogens with zero attached hydrogens (tertiary/aromatic N) is 4. The molecule has 3 aliphatic heterocycles. The number of carbonyl (C=O) groups is 1. The van der Waals surface area contributed by atoms with E-state index in [0.29, 0.717) is 50.4 Å². The fourth-order valence-corrected chi connectivity index (χ4v) is 8.46. The van der Waals surface area contributed by atoms with Crippen molar-refractivity contribution in [3.8, 4) is 6.07 Å². The second-order valence-electron chi connectivity index (χ2n) is 13.3. The highest BCUT2D eigenvalue weighted by molar-refractivity contribution is 5.67. The van der Waals surface area contributed by atoms with Gasteiger partial charge in [0.05, 0.1) is 31.8 Å². The van der Waals surface area contributed by atoms with Gasteiger partial charge in [0.1, 0.15) is 11.6 Å². The molecule has 6 rings (SSSR count). The van der Waals surface area contributed by atoms with E-state index < -0.39 is 28.8 Å². The van der Waals surface area contributed by atoms with E-state index in [2.05, 4.69) is 21.2 Å². The number of piperidine rings is 1. The number of hydrogen-bond donors (Lipinski definition) is 1. The molecule has 0 spiro atoms. The second kappa shape index (κ2) is 12.6. The molecule has 3 atom stereocenters. The van der Waals surface area contributed by atoms with Gasteiger partial charge in [0, 0.05) is 36.3 Å². The van der Waals surface area contributed by atoms with Crippen molar-refractivity contribution in [3.63, 3.8) is 0 Å². The lowest BCUT2D eigenvalue weighted by Gasteiger charge is -2.54. The Hall–Kier alpha value is -3.29. The Kier molecular flexibility index (Phi) is 8.80. The van der Waals surface area contributed by atoms with Crippen LogP contribution in [0.2, 0.25) is 0 Å². The Morgan fingerprint density at radius 1 is 1.00 bits per heavy atom. The van der Waals surface area contributed by atoms with Crippen molar-refractivity contribution in [2.75, 3.05) is 64.4 Å². The largest absolute Gasteiger partial charge is 0.453 e. The molecule has 236 valence electrons. The van der Waals surface area contributed by atoms with Crippen molar-refractivity contribution < 1.29 is 22.7 Å². The predicted octanol–water partition coefficient (Wildman–Crippen LogP) is 5.25. The molecule has 1 N–H and O–H groups in total.